The monoisotopic (exact) mass is 306 g/mol. The van der Waals surface area contributed by atoms with Crippen LogP contribution in [0.25, 0.3) is 10.9 Å². The molecule has 1 aromatic carbocycles. The molecule has 5 heteroatoms. The van der Waals surface area contributed by atoms with E-state index >= 15 is 0 Å². The third-order valence-electron chi connectivity index (χ3n) is 3.10. The predicted molar refractivity (Wildman–Crippen MR) is 86.1 cm³/mol. The second-order valence-electron chi connectivity index (χ2n) is 4.66. The van der Waals surface area contributed by atoms with Gasteiger partial charge in [0.15, 0.2) is 5.76 Å². The molecule has 0 radical (unpaired) electrons. The molecule has 2 heterocycles. The van der Waals surface area contributed by atoms with Crippen LogP contribution in [0.3, 0.4) is 0 Å². The molecule has 0 aliphatic rings. The van der Waals surface area contributed by atoms with Gasteiger partial charge in [0.2, 0.25) is 0 Å². The molecular formula is C18H14N2O3. The average Bonchev–Trinajstić information content (AvgIpc) is 3.12. The first-order valence-corrected chi connectivity index (χ1v) is 7.08. The fourth-order valence-corrected chi connectivity index (χ4v) is 1.99. The minimum atomic E-state index is -0.286. The molecule has 0 aliphatic heterocycles. The lowest BCUT2D eigenvalue weighted by molar-refractivity contribution is 0.0931. The second-order valence-corrected chi connectivity index (χ2v) is 4.66. The predicted octanol–water partition coefficient (Wildman–Crippen LogP) is 2.64. The number of hydrogen-bond acceptors (Lipinski definition) is 4. The zero-order valence-electron chi connectivity index (χ0n) is 12.3. The lowest BCUT2D eigenvalue weighted by Crippen LogP contribution is -2.23. The summed E-state index contributed by atoms with van der Waals surface area (Å²) in [6.45, 7) is 0.483. The molecule has 0 aliphatic carbocycles. The minimum absolute atomic E-state index is 0.238. The molecule has 3 aromatic rings. The number of carbonyl (C=O) groups excluding carboxylic acids is 1. The van der Waals surface area contributed by atoms with Crippen molar-refractivity contribution in [2.75, 3.05) is 13.2 Å². The minimum Gasteiger partial charge on any atom is -0.481 e. The molecule has 2 aromatic heterocycles. The number of hydrogen-bond donors (Lipinski definition) is 1. The maximum atomic E-state index is 11.6. The van der Waals surface area contributed by atoms with Gasteiger partial charge < -0.3 is 14.5 Å². The molecule has 0 bridgehead atoms. The highest BCUT2D eigenvalue weighted by molar-refractivity contribution is 5.91. The molecule has 0 saturated heterocycles. The third kappa shape index (κ3) is 3.89. The summed E-state index contributed by atoms with van der Waals surface area (Å²) in [5.41, 5.74) is 0.878. The Balaban J connectivity index is 1.46. The van der Waals surface area contributed by atoms with E-state index < -0.39 is 0 Å². The smallest absolute Gasteiger partial charge is 0.287 e. The average molecular weight is 306 g/mol. The summed E-state index contributed by atoms with van der Waals surface area (Å²) in [5, 5.41) is 3.70. The van der Waals surface area contributed by atoms with E-state index in [1.165, 1.54) is 6.26 Å². The van der Waals surface area contributed by atoms with Crippen molar-refractivity contribution in [2.45, 2.75) is 0 Å². The van der Waals surface area contributed by atoms with Crippen molar-refractivity contribution in [2.24, 2.45) is 0 Å². The summed E-state index contributed by atoms with van der Waals surface area (Å²) in [5.74, 6) is 6.36. The number of nitrogens with zero attached hydrogens (tertiary/aromatic N) is 1. The van der Waals surface area contributed by atoms with E-state index in [0.29, 0.717) is 5.75 Å². The first-order valence-electron chi connectivity index (χ1n) is 7.08. The number of rotatable bonds is 4. The summed E-state index contributed by atoms with van der Waals surface area (Å²) in [6.07, 6.45) is 3.19. The molecular weight excluding hydrogens is 292 g/mol. The molecule has 0 fully saturated rings. The summed E-state index contributed by atoms with van der Waals surface area (Å²) in [4.78, 5) is 15.8. The van der Waals surface area contributed by atoms with Crippen LogP contribution in [0.4, 0.5) is 0 Å². The number of fused-ring (bicyclic) bond motifs is 1. The van der Waals surface area contributed by atoms with E-state index in [1.807, 2.05) is 30.3 Å². The van der Waals surface area contributed by atoms with Crippen LogP contribution in [0.5, 0.6) is 5.75 Å². The Hall–Kier alpha value is -3.26. The van der Waals surface area contributed by atoms with E-state index in [-0.39, 0.29) is 24.8 Å². The Morgan fingerprint density at radius 2 is 2.17 bits per heavy atom. The number of benzene rings is 1. The van der Waals surface area contributed by atoms with Crippen LogP contribution in [0.2, 0.25) is 0 Å². The van der Waals surface area contributed by atoms with Gasteiger partial charge in [-0.15, -0.1) is 0 Å². The highest BCUT2D eigenvalue weighted by Crippen LogP contribution is 2.18. The molecule has 114 valence electrons. The van der Waals surface area contributed by atoms with Crippen LogP contribution in [-0.2, 0) is 0 Å². The fraction of sp³-hybridized carbons (Fsp3) is 0.111. The summed E-state index contributed by atoms with van der Waals surface area (Å²) in [7, 11) is 0. The highest BCUT2D eigenvalue weighted by atomic mass is 16.5. The van der Waals surface area contributed by atoms with Crippen molar-refractivity contribution >= 4 is 16.8 Å². The first kappa shape index (κ1) is 14.7. The molecule has 0 saturated carbocycles. The second kappa shape index (κ2) is 7.14. The van der Waals surface area contributed by atoms with Crippen LogP contribution in [0, 0.1) is 11.8 Å². The van der Waals surface area contributed by atoms with Crippen LogP contribution in [0.1, 0.15) is 10.6 Å². The Bertz CT molecular complexity index is 861. The molecule has 0 spiro atoms. The van der Waals surface area contributed by atoms with Gasteiger partial charge in [0.1, 0.15) is 12.4 Å². The Labute approximate surface area is 133 Å². The van der Waals surface area contributed by atoms with Crippen LogP contribution < -0.4 is 10.1 Å². The van der Waals surface area contributed by atoms with Crippen molar-refractivity contribution in [3.63, 3.8) is 0 Å². The largest absolute Gasteiger partial charge is 0.481 e. The van der Waals surface area contributed by atoms with Gasteiger partial charge in [-0.3, -0.25) is 9.78 Å². The molecule has 1 amide bonds. The lowest BCUT2D eigenvalue weighted by atomic mass is 10.2. The highest BCUT2D eigenvalue weighted by Gasteiger charge is 2.05. The van der Waals surface area contributed by atoms with Gasteiger partial charge in [0, 0.05) is 17.6 Å². The van der Waals surface area contributed by atoms with Gasteiger partial charge in [-0.2, -0.15) is 0 Å². The zero-order valence-corrected chi connectivity index (χ0v) is 12.3. The number of ether oxygens (including phenoxy) is 1. The summed E-state index contributed by atoms with van der Waals surface area (Å²) >= 11 is 0. The maximum Gasteiger partial charge on any atom is 0.287 e. The lowest BCUT2D eigenvalue weighted by Gasteiger charge is -2.03. The summed E-state index contributed by atoms with van der Waals surface area (Å²) < 4.78 is 10.5. The topological polar surface area (TPSA) is 64.4 Å². The van der Waals surface area contributed by atoms with Crippen molar-refractivity contribution in [1.82, 2.24) is 10.3 Å². The number of furan rings is 1. The van der Waals surface area contributed by atoms with Gasteiger partial charge in [-0.1, -0.05) is 17.9 Å². The van der Waals surface area contributed by atoms with Crippen LogP contribution >= 0.6 is 0 Å². The van der Waals surface area contributed by atoms with Gasteiger partial charge >= 0.3 is 0 Å². The van der Waals surface area contributed by atoms with E-state index in [9.17, 15) is 4.79 Å². The van der Waals surface area contributed by atoms with E-state index in [2.05, 4.69) is 22.1 Å². The molecule has 0 atom stereocenters. The van der Waals surface area contributed by atoms with Gasteiger partial charge in [0.05, 0.1) is 18.3 Å². The molecule has 23 heavy (non-hydrogen) atoms. The van der Waals surface area contributed by atoms with E-state index in [4.69, 9.17) is 9.15 Å². The number of amides is 1. The van der Waals surface area contributed by atoms with Crippen molar-refractivity contribution in [1.29, 1.82) is 0 Å². The summed E-state index contributed by atoms with van der Waals surface area (Å²) in [6, 6.07) is 12.8. The van der Waals surface area contributed by atoms with Crippen molar-refractivity contribution < 1.29 is 13.9 Å². The fourth-order valence-electron chi connectivity index (χ4n) is 1.99. The molecule has 0 unspecified atom stereocenters. The van der Waals surface area contributed by atoms with Gasteiger partial charge in [0.25, 0.3) is 5.91 Å². The standard InChI is InChI=1S/C18H14N2O3/c21-18(17-6-4-12-23-17)20-9-1-2-11-22-15-8-7-14-5-3-10-19-16(14)13-15/h3-8,10,12-13H,9,11H2,(H,20,21). The van der Waals surface area contributed by atoms with E-state index in [1.54, 1.807) is 18.3 Å². The number of carbonyl (C=O) groups is 1. The maximum absolute atomic E-state index is 11.6. The molecule has 1 N–H and O–H groups in total. The first-order chi connectivity index (χ1) is 11.3. The molecule has 5 nitrogen and oxygen atoms in total. The Morgan fingerprint density at radius 3 is 3.04 bits per heavy atom. The van der Waals surface area contributed by atoms with Crippen molar-refractivity contribution in [3.8, 4) is 17.6 Å². The third-order valence-corrected chi connectivity index (χ3v) is 3.10. The van der Waals surface area contributed by atoms with Crippen molar-refractivity contribution in [3.05, 3.63) is 60.7 Å². The van der Waals surface area contributed by atoms with E-state index in [0.717, 1.165) is 10.9 Å². The Kier molecular flexibility index (Phi) is 4.55. The zero-order chi connectivity index (χ0) is 15.9. The van der Waals surface area contributed by atoms with Crippen LogP contribution in [0.15, 0.2) is 59.3 Å². The Morgan fingerprint density at radius 1 is 1.22 bits per heavy atom. The van der Waals surface area contributed by atoms with Gasteiger partial charge in [-0.05, 0) is 30.3 Å². The quantitative estimate of drug-likeness (QED) is 0.753. The van der Waals surface area contributed by atoms with Gasteiger partial charge in [-0.25, -0.2) is 0 Å². The number of pyridine rings is 1. The number of aromatic nitrogens is 1. The van der Waals surface area contributed by atoms with Crippen LogP contribution in [-0.4, -0.2) is 24.0 Å². The molecule has 3 rings (SSSR count). The number of nitrogens with one attached hydrogen (secondary N) is 1. The normalized spacial score (nSPS) is 9.91. The SMILES string of the molecule is O=C(NCC#CCOc1ccc2cccnc2c1)c1ccco1.